The highest BCUT2D eigenvalue weighted by atomic mass is 79.9. The second-order valence-electron chi connectivity index (χ2n) is 4.90. The van der Waals surface area contributed by atoms with Crippen molar-refractivity contribution in [1.29, 1.82) is 0 Å². The number of hydrogen-bond donors (Lipinski definition) is 2. The van der Waals surface area contributed by atoms with Gasteiger partial charge in [-0.05, 0) is 48.2 Å². The maximum Gasteiger partial charge on any atom is 0.0464 e. The zero-order valence-corrected chi connectivity index (χ0v) is 12.7. The molecule has 0 atom stereocenters. The number of nitrogens with one attached hydrogen (secondary N) is 1. The molecule has 0 aliphatic heterocycles. The molecule has 0 bridgehead atoms. The topological polar surface area (TPSA) is 38.0 Å². The number of hydrogen-bond acceptors (Lipinski definition) is 2. The minimum atomic E-state index is 0.772. The van der Waals surface area contributed by atoms with E-state index in [0.717, 1.165) is 27.1 Å². The highest BCUT2D eigenvalue weighted by Gasteiger charge is 2.05. The second kappa shape index (κ2) is 5.17. The highest BCUT2D eigenvalue weighted by molar-refractivity contribution is 9.10. The molecule has 0 aliphatic carbocycles. The fourth-order valence-electron chi connectivity index (χ4n) is 2.41. The van der Waals surface area contributed by atoms with Gasteiger partial charge in [-0.25, -0.2) is 0 Å². The van der Waals surface area contributed by atoms with E-state index in [0.29, 0.717) is 0 Å². The van der Waals surface area contributed by atoms with Crippen molar-refractivity contribution < 1.29 is 0 Å². The molecule has 3 N–H and O–H groups in total. The largest absolute Gasteiger partial charge is 0.399 e. The van der Waals surface area contributed by atoms with Gasteiger partial charge >= 0.3 is 0 Å². The smallest absolute Gasteiger partial charge is 0.0464 e. The summed E-state index contributed by atoms with van der Waals surface area (Å²) in [5.74, 6) is 0. The third-order valence-corrected chi connectivity index (χ3v) is 3.94. The summed E-state index contributed by atoms with van der Waals surface area (Å²) >= 11 is 3.59. The van der Waals surface area contributed by atoms with Crippen LogP contribution in [-0.4, -0.2) is 0 Å². The molecule has 0 fully saturated rings. The Balaban J connectivity index is 2.09. The third kappa shape index (κ3) is 2.49. The summed E-state index contributed by atoms with van der Waals surface area (Å²) in [4.78, 5) is 0. The first-order valence-corrected chi connectivity index (χ1v) is 7.24. The lowest BCUT2D eigenvalue weighted by Crippen LogP contribution is -1.94. The van der Waals surface area contributed by atoms with E-state index in [-0.39, 0.29) is 0 Å². The van der Waals surface area contributed by atoms with Crippen molar-refractivity contribution in [3.8, 4) is 0 Å². The SMILES string of the molecule is Cc1cc(N)cc(Nc2ccc(Br)c3ccccc23)c1. The molecular formula is C17H15BrN2. The standard InChI is InChI=1S/C17H15BrN2/c1-11-8-12(19)10-13(9-11)20-17-7-6-16(18)14-4-2-3-5-15(14)17/h2-10,20H,19H2,1H3. The molecule has 3 aromatic carbocycles. The number of rotatable bonds is 2. The van der Waals surface area contributed by atoms with E-state index in [1.165, 1.54) is 10.8 Å². The van der Waals surface area contributed by atoms with Gasteiger partial charge in [0.2, 0.25) is 0 Å². The molecule has 0 aromatic heterocycles. The van der Waals surface area contributed by atoms with Crippen LogP contribution >= 0.6 is 15.9 Å². The third-order valence-electron chi connectivity index (χ3n) is 3.25. The van der Waals surface area contributed by atoms with Crippen LogP contribution in [0, 0.1) is 6.92 Å². The maximum absolute atomic E-state index is 5.90. The highest BCUT2D eigenvalue weighted by Crippen LogP contribution is 2.32. The number of benzene rings is 3. The molecule has 0 unspecified atom stereocenters. The van der Waals surface area contributed by atoms with Crippen LogP contribution in [0.15, 0.2) is 59.1 Å². The Morgan fingerprint density at radius 3 is 2.45 bits per heavy atom. The maximum atomic E-state index is 5.90. The summed E-state index contributed by atoms with van der Waals surface area (Å²) in [6.07, 6.45) is 0. The van der Waals surface area contributed by atoms with E-state index in [1.807, 2.05) is 31.2 Å². The summed E-state index contributed by atoms with van der Waals surface area (Å²) in [5, 5.41) is 5.83. The van der Waals surface area contributed by atoms with E-state index in [1.54, 1.807) is 0 Å². The van der Waals surface area contributed by atoms with Crippen molar-refractivity contribution in [2.75, 3.05) is 11.1 Å². The number of nitrogens with two attached hydrogens (primary N) is 1. The molecule has 3 heteroatoms. The quantitative estimate of drug-likeness (QED) is 0.632. The molecule has 0 spiro atoms. The minimum absolute atomic E-state index is 0.772. The van der Waals surface area contributed by atoms with Crippen LogP contribution in [-0.2, 0) is 0 Å². The molecule has 20 heavy (non-hydrogen) atoms. The van der Waals surface area contributed by atoms with Crippen LogP contribution in [0.5, 0.6) is 0 Å². The van der Waals surface area contributed by atoms with Gasteiger partial charge in [0.05, 0.1) is 0 Å². The van der Waals surface area contributed by atoms with E-state index in [2.05, 4.69) is 51.6 Å². The van der Waals surface area contributed by atoms with Gasteiger partial charge in [-0.3, -0.25) is 0 Å². The van der Waals surface area contributed by atoms with E-state index < -0.39 is 0 Å². The average Bonchev–Trinajstić information content (AvgIpc) is 2.41. The Bertz CT molecular complexity index is 761. The Kier molecular flexibility index (Phi) is 3.36. The number of halogens is 1. The molecular weight excluding hydrogens is 312 g/mol. The van der Waals surface area contributed by atoms with E-state index in [9.17, 15) is 0 Å². The normalized spacial score (nSPS) is 10.7. The van der Waals surface area contributed by atoms with Crippen LogP contribution in [0.4, 0.5) is 17.1 Å². The summed E-state index contributed by atoms with van der Waals surface area (Å²) < 4.78 is 1.10. The summed E-state index contributed by atoms with van der Waals surface area (Å²) in [5.41, 5.74) is 9.91. The first kappa shape index (κ1) is 13.0. The number of anilines is 3. The summed E-state index contributed by atoms with van der Waals surface area (Å²) in [7, 11) is 0. The van der Waals surface area contributed by atoms with Gasteiger partial charge in [-0.15, -0.1) is 0 Å². The lowest BCUT2D eigenvalue weighted by atomic mass is 10.1. The molecule has 3 rings (SSSR count). The van der Waals surface area contributed by atoms with Gasteiger partial charge < -0.3 is 11.1 Å². The van der Waals surface area contributed by atoms with Crippen molar-refractivity contribution in [2.24, 2.45) is 0 Å². The van der Waals surface area contributed by atoms with Crippen LogP contribution in [0.1, 0.15) is 5.56 Å². The second-order valence-corrected chi connectivity index (χ2v) is 5.75. The molecule has 2 nitrogen and oxygen atoms in total. The predicted octanol–water partition coefficient (Wildman–Crippen LogP) is 5.24. The molecule has 0 aliphatic rings. The summed E-state index contributed by atoms with van der Waals surface area (Å²) in [6.45, 7) is 2.04. The van der Waals surface area contributed by atoms with Crippen LogP contribution in [0.2, 0.25) is 0 Å². The Labute approximate surface area is 126 Å². The van der Waals surface area contributed by atoms with Crippen molar-refractivity contribution in [3.05, 3.63) is 64.6 Å². The van der Waals surface area contributed by atoms with Crippen molar-refractivity contribution >= 4 is 43.8 Å². The lowest BCUT2D eigenvalue weighted by Gasteiger charge is -2.12. The number of fused-ring (bicyclic) bond motifs is 1. The van der Waals surface area contributed by atoms with Gasteiger partial charge in [0.15, 0.2) is 0 Å². The van der Waals surface area contributed by atoms with Crippen molar-refractivity contribution in [1.82, 2.24) is 0 Å². The average molecular weight is 327 g/mol. The molecule has 3 aromatic rings. The number of aryl methyl sites for hydroxylation is 1. The predicted molar refractivity (Wildman–Crippen MR) is 90.5 cm³/mol. The van der Waals surface area contributed by atoms with Gasteiger partial charge in [-0.2, -0.15) is 0 Å². The van der Waals surface area contributed by atoms with Crippen LogP contribution in [0.3, 0.4) is 0 Å². The number of nitrogen functional groups attached to an aromatic ring is 1. The van der Waals surface area contributed by atoms with Crippen molar-refractivity contribution in [2.45, 2.75) is 6.92 Å². The Hall–Kier alpha value is -2.00. The molecule has 0 saturated heterocycles. The molecule has 0 heterocycles. The lowest BCUT2D eigenvalue weighted by molar-refractivity contribution is 1.45. The fourth-order valence-corrected chi connectivity index (χ4v) is 2.89. The Morgan fingerprint density at radius 2 is 1.70 bits per heavy atom. The van der Waals surface area contributed by atoms with Gasteiger partial charge in [0.1, 0.15) is 0 Å². The van der Waals surface area contributed by atoms with Gasteiger partial charge in [0, 0.05) is 26.9 Å². The Morgan fingerprint density at radius 1 is 0.950 bits per heavy atom. The van der Waals surface area contributed by atoms with E-state index >= 15 is 0 Å². The van der Waals surface area contributed by atoms with Gasteiger partial charge in [0.25, 0.3) is 0 Å². The monoisotopic (exact) mass is 326 g/mol. The zero-order chi connectivity index (χ0) is 14.1. The zero-order valence-electron chi connectivity index (χ0n) is 11.2. The van der Waals surface area contributed by atoms with Crippen LogP contribution < -0.4 is 11.1 Å². The van der Waals surface area contributed by atoms with Gasteiger partial charge in [-0.1, -0.05) is 40.2 Å². The minimum Gasteiger partial charge on any atom is -0.399 e. The molecule has 100 valence electrons. The van der Waals surface area contributed by atoms with Crippen LogP contribution in [0.25, 0.3) is 10.8 Å². The van der Waals surface area contributed by atoms with E-state index in [4.69, 9.17) is 5.73 Å². The molecule has 0 radical (unpaired) electrons. The van der Waals surface area contributed by atoms with Crippen molar-refractivity contribution in [3.63, 3.8) is 0 Å². The fraction of sp³-hybridized carbons (Fsp3) is 0.0588. The first-order chi connectivity index (χ1) is 9.63. The molecule has 0 saturated carbocycles. The molecule has 0 amide bonds. The first-order valence-electron chi connectivity index (χ1n) is 6.45. The summed E-state index contributed by atoms with van der Waals surface area (Å²) in [6, 6.07) is 18.4.